The second kappa shape index (κ2) is 4.00. The van der Waals surface area contributed by atoms with Crippen LogP contribution in [0, 0.1) is 0 Å². The number of carbonyl (C=O) groups is 2. The van der Waals surface area contributed by atoms with Crippen LogP contribution in [0.1, 0.15) is 13.3 Å². The number of nitrogens with zero attached hydrogens (tertiary/aromatic N) is 1. The molecule has 0 bridgehead atoms. The number of hydrogen-bond donors (Lipinski definition) is 0. The SMILES string of the molecule is CC1=CC(O/C=C2\CCN(C)C2=O)OC1=O. The highest BCUT2D eigenvalue weighted by Gasteiger charge is 2.25. The Balaban J connectivity index is 1.96. The average molecular weight is 223 g/mol. The fourth-order valence-electron chi connectivity index (χ4n) is 1.57. The van der Waals surface area contributed by atoms with Gasteiger partial charge in [0.25, 0.3) is 12.2 Å². The van der Waals surface area contributed by atoms with Gasteiger partial charge >= 0.3 is 5.97 Å². The summed E-state index contributed by atoms with van der Waals surface area (Å²) in [5.74, 6) is -0.414. The molecule has 0 spiro atoms. The van der Waals surface area contributed by atoms with Gasteiger partial charge in [-0.3, -0.25) is 4.79 Å². The van der Waals surface area contributed by atoms with E-state index >= 15 is 0 Å². The Morgan fingerprint density at radius 2 is 2.31 bits per heavy atom. The lowest BCUT2D eigenvalue weighted by Crippen LogP contribution is -2.19. The second-order valence-corrected chi connectivity index (χ2v) is 3.88. The first-order valence-electron chi connectivity index (χ1n) is 5.07. The first-order valence-corrected chi connectivity index (χ1v) is 5.07. The van der Waals surface area contributed by atoms with E-state index in [-0.39, 0.29) is 11.9 Å². The van der Waals surface area contributed by atoms with Gasteiger partial charge in [-0.15, -0.1) is 0 Å². The zero-order valence-electron chi connectivity index (χ0n) is 9.23. The summed E-state index contributed by atoms with van der Waals surface area (Å²) in [5, 5.41) is 0. The standard InChI is InChI=1S/C11H13NO4/c1-7-5-9(16-11(7)14)15-6-8-3-4-12(2)10(8)13/h5-6,9H,3-4H2,1-2H3/b8-6+. The van der Waals surface area contributed by atoms with Gasteiger partial charge in [-0.25, -0.2) is 4.79 Å². The minimum absolute atomic E-state index is 0.0370. The first-order chi connectivity index (χ1) is 7.58. The highest BCUT2D eigenvalue weighted by Crippen LogP contribution is 2.18. The lowest BCUT2D eigenvalue weighted by Gasteiger charge is -2.08. The number of cyclic esters (lactones) is 1. The topological polar surface area (TPSA) is 55.8 Å². The molecular formula is C11H13NO4. The molecule has 0 aliphatic carbocycles. The first kappa shape index (κ1) is 10.7. The van der Waals surface area contributed by atoms with Gasteiger partial charge in [-0.2, -0.15) is 0 Å². The van der Waals surface area contributed by atoms with E-state index < -0.39 is 6.29 Å². The van der Waals surface area contributed by atoms with E-state index in [1.165, 1.54) is 6.26 Å². The summed E-state index contributed by atoms with van der Waals surface area (Å²) >= 11 is 0. The molecule has 86 valence electrons. The lowest BCUT2D eigenvalue weighted by atomic mass is 10.2. The van der Waals surface area contributed by atoms with Crippen molar-refractivity contribution in [3.63, 3.8) is 0 Å². The number of likely N-dealkylation sites (N-methyl/N-ethyl adjacent to an activating group) is 1. The van der Waals surface area contributed by atoms with Crippen LogP contribution in [-0.2, 0) is 19.1 Å². The summed E-state index contributed by atoms with van der Waals surface area (Å²) in [7, 11) is 1.74. The Morgan fingerprint density at radius 1 is 1.56 bits per heavy atom. The van der Waals surface area contributed by atoms with Crippen LogP contribution in [0.15, 0.2) is 23.5 Å². The van der Waals surface area contributed by atoms with Crippen molar-refractivity contribution >= 4 is 11.9 Å². The molecule has 5 nitrogen and oxygen atoms in total. The molecule has 1 atom stereocenters. The van der Waals surface area contributed by atoms with Gasteiger partial charge in [0.15, 0.2) is 0 Å². The molecule has 1 unspecified atom stereocenters. The number of ether oxygens (including phenoxy) is 2. The van der Waals surface area contributed by atoms with Crippen LogP contribution < -0.4 is 0 Å². The summed E-state index contributed by atoms with van der Waals surface area (Å²) in [4.78, 5) is 24.1. The number of esters is 1. The van der Waals surface area contributed by atoms with Crippen LogP contribution in [-0.4, -0.2) is 36.7 Å². The van der Waals surface area contributed by atoms with E-state index in [0.717, 1.165) is 0 Å². The van der Waals surface area contributed by atoms with Crippen molar-refractivity contribution in [2.24, 2.45) is 0 Å². The van der Waals surface area contributed by atoms with Crippen LogP contribution in [0.25, 0.3) is 0 Å². The lowest BCUT2D eigenvalue weighted by molar-refractivity contribution is -0.152. The van der Waals surface area contributed by atoms with Gasteiger partial charge in [0.05, 0.1) is 11.8 Å². The summed E-state index contributed by atoms with van der Waals surface area (Å²) < 4.78 is 10.1. The molecule has 2 heterocycles. The van der Waals surface area contributed by atoms with Gasteiger partial charge in [0.2, 0.25) is 0 Å². The Labute approximate surface area is 93.3 Å². The van der Waals surface area contributed by atoms with E-state index in [1.54, 1.807) is 24.9 Å². The summed E-state index contributed by atoms with van der Waals surface area (Å²) in [6, 6.07) is 0. The Kier molecular flexibility index (Phi) is 2.68. The molecule has 16 heavy (non-hydrogen) atoms. The number of hydrogen-bond acceptors (Lipinski definition) is 4. The summed E-state index contributed by atoms with van der Waals surface area (Å²) in [6.07, 6.45) is 2.94. The fraction of sp³-hybridized carbons (Fsp3) is 0.455. The zero-order valence-corrected chi connectivity index (χ0v) is 9.23. The van der Waals surface area contributed by atoms with Crippen LogP contribution >= 0.6 is 0 Å². The van der Waals surface area contributed by atoms with Crippen LogP contribution in [0.4, 0.5) is 0 Å². The van der Waals surface area contributed by atoms with Crippen molar-refractivity contribution < 1.29 is 19.1 Å². The van der Waals surface area contributed by atoms with Gasteiger partial charge in [0, 0.05) is 25.2 Å². The largest absolute Gasteiger partial charge is 0.458 e. The van der Waals surface area contributed by atoms with Crippen LogP contribution in [0.5, 0.6) is 0 Å². The molecular weight excluding hydrogens is 210 g/mol. The van der Waals surface area contributed by atoms with Crippen molar-refractivity contribution in [3.8, 4) is 0 Å². The molecule has 0 N–H and O–H groups in total. The van der Waals surface area contributed by atoms with Gasteiger partial charge < -0.3 is 14.4 Å². The quantitative estimate of drug-likeness (QED) is 0.390. The Morgan fingerprint density at radius 3 is 2.81 bits per heavy atom. The van der Waals surface area contributed by atoms with Crippen LogP contribution in [0.2, 0.25) is 0 Å². The molecule has 1 saturated heterocycles. The number of amides is 1. The van der Waals surface area contributed by atoms with Crippen molar-refractivity contribution in [1.29, 1.82) is 0 Å². The third-order valence-corrected chi connectivity index (χ3v) is 2.61. The molecule has 5 heteroatoms. The van der Waals surface area contributed by atoms with Crippen molar-refractivity contribution in [2.75, 3.05) is 13.6 Å². The highest BCUT2D eigenvalue weighted by atomic mass is 16.7. The molecule has 0 aromatic carbocycles. The highest BCUT2D eigenvalue weighted by molar-refractivity contribution is 5.95. The number of likely N-dealkylation sites (tertiary alicyclic amines) is 1. The molecule has 0 aromatic heterocycles. The summed E-state index contributed by atoms with van der Waals surface area (Å²) in [6.45, 7) is 2.36. The third-order valence-electron chi connectivity index (χ3n) is 2.61. The Hall–Kier alpha value is -1.78. The minimum Gasteiger partial charge on any atom is -0.458 e. The maximum absolute atomic E-state index is 11.5. The Bertz CT molecular complexity index is 397. The molecule has 1 fully saturated rings. The van der Waals surface area contributed by atoms with E-state index in [4.69, 9.17) is 9.47 Å². The van der Waals surface area contributed by atoms with E-state index in [1.807, 2.05) is 0 Å². The summed E-state index contributed by atoms with van der Waals surface area (Å²) in [5.41, 5.74) is 1.13. The maximum atomic E-state index is 11.5. The molecule has 2 rings (SSSR count). The number of rotatable bonds is 2. The average Bonchev–Trinajstić information content (AvgIpc) is 2.72. The van der Waals surface area contributed by atoms with E-state index in [9.17, 15) is 9.59 Å². The van der Waals surface area contributed by atoms with Gasteiger partial charge in [-0.05, 0) is 13.3 Å². The van der Waals surface area contributed by atoms with Gasteiger partial charge in [-0.1, -0.05) is 0 Å². The van der Waals surface area contributed by atoms with E-state index in [0.29, 0.717) is 24.1 Å². The molecule has 2 aliphatic rings. The van der Waals surface area contributed by atoms with E-state index in [2.05, 4.69) is 0 Å². The zero-order chi connectivity index (χ0) is 11.7. The van der Waals surface area contributed by atoms with Crippen molar-refractivity contribution in [1.82, 2.24) is 4.90 Å². The smallest absolute Gasteiger partial charge is 0.336 e. The molecule has 0 aromatic rings. The van der Waals surface area contributed by atoms with Crippen LogP contribution in [0.3, 0.4) is 0 Å². The number of carbonyl (C=O) groups excluding carboxylic acids is 2. The molecule has 0 saturated carbocycles. The molecule has 1 amide bonds. The monoisotopic (exact) mass is 223 g/mol. The van der Waals surface area contributed by atoms with Crippen molar-refractivity contribution in [3.05, 3.63) is 23.5 Å². The van der Waals surface area contributed by atoms with Gasteiger partial charge in [0.1, 0.15) is 0 Å². The molecule has 2 aliphatic heterocycles. The minimum atomic E-state index is -0.696. The van der Waals surface area contributed by atoms with Crippen molar-refractivity contribution in [2.45, 2.75) is 19.6 Å². The third kappa shape index (κ3) is 1.93. The predicted octanol–water partition coefficient (Wildman–Crippen LogP) is 0.578. The normalized spacial score (nSPS) is 27.4. The second-order valence-electron chi connectivity index (χ2n) is 3.88. The predicted molar refractivity (Wildman–Crippen MR) is 55.1 cm³/mol. The molecule has 0 radical (unpaired) electrons. The fourth-order valence-corrected chi connectivity index (χ4v) is 1.57. The maximum Gasteiger partial charge on any atom is 0.336 e.